The van der Waals surface area contributed by atoms with Gasteiger partial charge in [0.05, 0.1) is 0 Å². The average molecular weight is 330 g/mol. The highest BCUT2D eigenvalue weighted by atomic mass is 35.5. The number of hydrogen-bond donors (Lipinski definition) is 1. The van der Waals surface area contributed by atoms with E-state index in [0.29, 0.717) is 6.42 Å². The molecule has 2 rings (SSSR count). The summed E-state index contributed by atoms with van der Waals surface area (Å²) < 4.78 is 0. The van der Waals surface area contributed by atoms with Crippen LogP contribution in [0.4, 0.5) is 5.69 Å². The van der Waals surface area contributed by atoms with E-state index in [2.05, 4.69) is 24.4 Å². The van der Waals surface area contributed by atoms with Gasteiger partial charge in [-0.1, -0.05) is 49.2 Å². The third kappa shape index (κ3) is 6.45. The van der Waals surface area contributed by atoms with Crippen molar-refractivity contribution in [1.82, 2.24) is 0 Å². The van der Waals surface area contributed by atoms with Crippen molar-refractivity contribution in [2.45, 2.75) is 45.4 Å². The Morgan fingerprint density at radius 2 is 1.48 bits per heavy atom. The fourth-order valence-corrected chi connectivity index (χ4v) is 2.59. The summed E-state index contributed by atoms with van der Waals surface area (Å²) in [5.74, 6) is 0.0697. The molecule has 2 nitrogen and oxygen atoms in total. The smallest absolute Gasteiger partial charge is 0.224 e. The molecule has 0 saturated carbocycles. The van der Waals surface area contributed by atoms with Gasteiger partial charge in [0, 0.05) is 17.1 Å². The molecule has 0 heterocycles. The standard InChI is InChI=1S/C20H24ClNO/c1-2-3-5-16-10-14-19(15-11-16)22-20(23)7-4-6-17-8-12-18(21)13-9-17/h8-15H,2-7H2,1H3,(H,22,23). The summed E-state index contributed by atoms with van der Waals surface area (Å²) in [6, 6.07) is 16.0. The Morgan fingerprint density at radius 1 is 0.913 bits per heavy atom. The van der Waals surface area contributed by atoms with Crippen molar-refractivity contribution in [2.24, 2.45) is 0 Å². The third-order valence-corrected chi connectivity index (χ3v) is 4.09. The van der Waals surface area contributed by atoms with Crippen molar-refractivity contribution >= 4 is 23.2 Å². The minimum atomic E-state index is 0.0697. The number of amides is 1. The Hall–Kier alpha value is -1.80. The zero-order chi connectivity index (χ0) is 16.5. The summed E-state index contributed by atoms with van der Waals surface area (Å²) >= 11 is 5.86. The van der Waals surface area contributed by atoms with Crippen molar-refractivity contribution in [3.05, 3.63) is 64.7 Å². The van der Waals surface area contributed by atoms with E-state index in [1.54, 1.807) is 0 Å². The van der Waals surface area contributed by atoms with Gasteiger partial charge in [0.1, 0.15) is 0 Å². The fourth-order valence-electron chi connectivity index (χ4n) is 2.46. The molecule has 0 aliphatic carbocycles. The highest BCUT2D eigenvalue weighted by Crippen LogP contribution is 2.14. The van der Waals surface area contributed by atoms with Crippen LogP contribution in [0.1, 0.15) is 43.7 Å². The lowest BCUT2D eigenvalue weighted by atomic mass is 10.1. The Balaban J connectivity index is 1.72. The van der Waals surface area contributed by atoms with Gasteiger partial charge in [0.25, 0.3) is 0 Å². The van der Waals surface area contributed by atoms with Gasteiger partial charge in [-0.25, -0.2) is 0 Å². The second-order valence-corrected chi connectivity index (χ2v) is 6.27. The summed E-state index contributed by atoms with van der Waals surface area (Å²) in [7, 11) is 0. The molecule has 0 bridgehead atoms. The number of benzene rings is 2. The summed E-state index contributed by atoms with van der Waals surface area (Å²) in [4.78, 5) is 12.0. The van der Waals surface area contributed by atoms with Gasteiger partial charge < -0.3 is 5.32 Å². The molecule has 2 aromatic rings. The molecule has 2 aromatic carbocycles. The van der Waals surface area contributed by atoms with Crippen LogP contribution in [-0.4, -0.2) is 5.91 Å². The van der Waals surface area contributed by atoms with Crippen molar-refractivity contribution in [1.29, 1.82) is 0 Å². The highest BCUT2D eigenvalue weighted by molar-refractivity contribution is 6.30. The molecule has 0 aromatic heterocycles. The second-order valence-electron chi connectivity index (χ2n) is 5.83. The minimum absolute atomic E-state index is 0.0697. The van der Waals surface area contributed by atoms with E-state index < -0.39 is 0 Å². The van der Waals surface area contributed by atoms with Crippen LogP contribution >= 0.6 is 11.6 Å². The quantitative estimate of drug-likeness (QED) is 0.666. The number of rotatable bonds is 8. The summed E-state index contributed by atoms with van der Waals surface area (Å²) in [5, 5.41) is 3.70. The average Bonchev–Trinajstić information content (AvgIpc) is 2.56. The fraction of sp³-hybridized carbons (Fsp3) is 0.350. The molecule has 1 amide bonds. The zero-order valence-electron chi connectivity index (χ0n) is 13.6. The van der Waals surface area contributed by atoms with Crippen LogP contribution in [0, 0.1) is 0 Å². The number of halogens is 1. The van der Waals surface area contributed by atoms with Crippen LogP contribution in [0.2, 0.25) is 5.02 Å². The lowest BCUT2D eigenvalue weighted by Gasteiger charge is -2.07. The molecule has 0 spiro atoms. The van der Waals surface area contributed by atoms with Gasteiger partial charge in [-0.2, -0.15) is 0 Å². The number of hydrogen-bond acceptors (Lipinski definition) is 1. The Kier molecular flexibility index (Phi) is 7.15. The topological polar surface area (TPSA) is 29.1 Å². The summed E-state index contributed by atoms with van der Waals surface area (Å²) in [5.41, 5.74) is 3.41. The summed E-state index contributed by atoms with van der Waals surface area (Å²) in [6.45, 7) is 2.19. The molecular formula is C20H24ClNO. The van der Waals surface area contributed by atoms with Crippen molar-refractivity contribution in [2.75, 3.05) is 5.32 Å². The second kappa shape index (κ2) is 9.36. The van der Waals surface area contributed by atoms with E-state index in [-0.39, 0.29) is 5.91 Å². The largest absolute Gasteiger partial charge is 0.326 e. The Labute approximate surface area is 143 Å². The van der Waals surface area contributed by atoms with Gasteiger partial charge in [0.2, 0.25) is 5.91 Å². The molecule has 0 aliphatic heterocycles. The molecule has 0 unspecified atom stereocenters. The van der Waals surface area contributed by atoms with E-state index in [1.165, 1.54) is 24.0 Å². The maximum atomic E-state index is 12.0. The van der Waals surface area contributed by atoms with Crippen LogP contribution in [0.25, 0.3) is 0 Å². The number of nitrogens with one attached hydrogen (secondary N) is 1. The van der Waals surface area contributed by atoms with Crippen LogP contribution in [0.5, 0.6) is 0 Å². The van der Waals surface area contributed by atoms with Crippen LogP contribution < -0.4 is 5.32 Å². The Bertz CT molecular complexity index is 605. The number of carbonyl (C=O) groups excluding carboxylic acids is 1. The predicted octanol–water partition coefficient (Wildman–Crippen LogP) is 5.64. The minimum Gasteiger partial charge on any atom is -0.326 e. The number of unbranched alkanes of at least 4 members (excludes halogenated alkanes) is 1. The third-order valence-electron chi connectivity index (χ3n) is 3.84. The van der Waals surface area contributed by atoms with Crippen molar-refractivity contribution < 1.29 is 4.79 Å². The molecule has 3 heteroatoms. The Morgan fingerprint density at radius 3 is 2.09 bits per heavy atom. The van der Waals surface area contributed by atoms with E-state index in [1.807, 2.05) is 36.4 Å². The molecule has 1 N–H and O–H groups in total. The first-order valence-corrected chi connectivity index (χ1v) is 8.68. The maximum absolute atomic E-state index is 12.0. The number of aryl methyl sites for hydroxylation is 2. The first-order chi connectivity index (χ1) is 11.2. The summed E-state index contributed by atoms with van der Waals surface area (Å²) in [6.07, 6.45) is 5.76. The van der Waals surface area contributed by atoms with E-state index in [9.17, 15) is 4.79 Å². The van der Waals surface area contributed by atoms with Gasteiger partial charge in [-0.15, -0.1) is 0 Å². The van der Waals surface area contributed by atoms with Crippen LogP contribution in [0.3, 0.4) is 0 Å². The first-order valence-electron chi connectivity index (χ1n) is 8.30. The maximum Gasteiger partial charge on any atom is 0.224 e. The molecule has 0 radical (unpaired) electrons. The van der Waals surface area contributed by atoms with E-state index in [0.717, 1.165) is 30.0 Å². The first kappa shape index (κ1) is 17.6. The number of anilines is 1. The van der Waals surface area contributed by atoms with E-state index >= 15 is 0 Å². The lowest BCUT2D eigenvalue weighted by Crippen LogP contribution is -2.11. The highest BCUT2D eigenvalue weighted by Gasteiger charge is 2.03. The molecular weight excluding hydrogens is 306 g/mol. The normalized spacial score (nSPS) is 10.5. The van der Waals surface area contributed by atoms with Gasteiger partial charge in [0.15, 0.2) is 0 Å². The van der Waals surface area contributed by atoms with Gasteiger partial charge in [-0.05, 0) is 61.1 Å². The monoisotopic (exact) mass is 329 g/mol. The molecule has 0 fully saturated rings. The van der Waals surface area contributed by atoms with Crippen molar-refractivity contribution in [3.8, 4) is 0 Å². The molecule has 23 heavy (non-hydrogen) atoms. The van der Waals surface area contributed by atoms with Crippen molar-refractivity contribution in [3.63, 3.8) is 0 Å². The van der Waals surface area contributed by atoms with Gasteiger partial charge >= 0.3 is 0 Å². The molecule has 0 saturated heterocycles. The molecule has 122 valence electrons. The molecule has 0 atom stereocenters. The lowest BCUT2D eigenvalue weighted by molar-refractivity contribution is -0.116. The zero-order valence-corrected chi connectivity index (χ0v) is 14.4. The van der Waals surface area contributed by atoms with E-state index in [4.69, 9.17) is 11.6 Å². The predicted molar refractivity (Wildman–Crippen MR) is 98.1 cm³/mol. The van der Waals surface area contributed by atoms with Gasteiger partial charge in [-0.3, -0.25) is 4.79 Å². The SMILES string of the molecule is CCCCc1ccc(NC(=O)CCCc2ccc(Cl)cc2)cc1. The number of carbonyl (C=O) groups is 1. The van der Waals surface area contributed by atoms with Crippen LogP contribution in [-0.2, 0) is 17.6 Å². The molecule has 0 aliphatic rings. The van der Waals surface area contributed by atoms with Crippen LogP contribution in [0.15, 0.2) is 48.5 Å².